The Morgan fingerprint density at radius 1 is 1.17 bits per heavy atom. The number of non-ortho nitro benzene ring substituents is 1. The Hall–Kier alpha value is -2.42. The molecular weight excluding hydrogens is 390 g/mol. The predicted octanol–water partition coefficient (Wildman–Crippen LogP) is 1.77. The van der Waals surface area contributed by atoms with Crippen molar-refractivity contribution >= 4 is 23.4 Å². The van der Waals surface area contributed by atoms with Crippen molar-refractivity contribution in [2.45, 2.75) is 17.9 Å². The van der Waals surface area contributed by atoms with Gasteiger partial charge in [0.2, 0.25) is 5.91 Å². The molecule has 1 heterocycles. The predicted molar refractivity (Wildman–Crippen MR) is 112 cm³/mol. The molecule has 1 fully saturated rings. The van der Waals surface area contributed by atoms with Crippen LogP contribution in [-0.2, 0) is 9.53 Å². The minimum absolute atomic E-state index is 0.0479. The van der Waals surface area contributed by atoms with Crippen molar-refractivity contribution in [1.82, 2.24) is 5.32 Å². The molecule has 1 aliphatic heterocycles. The van der Waals surface area contributed by atoms with Gasteiger partial charge in [-0.2, -0.15) is 0 Å². The van der Waals surface area contributed by atoms with Crippen molar-refractivity contribution in [3.8, 4) is 0 Å². The van der Waals surface area contributed by atoms with Gasteiger partial charge >= 0.3 is 0 Å². The molecule has 0 spiro atoms. The molecule has 3 rings (SSSR count). The summed E-state index contributed by atoms with van der Waals surface area (Å²) in [6.45, 7) is 6.25. The summed E-state index contributed by atoms with van der Waals surface area (Å²) in [6.07, 6.45) is 0. The van der Waals surface area contributed by atoms with Crippen molar-refractivity contribution in [1.29, 1.82) is 0 Å². The fourth-order valence-corrected chi connectivity index (χ4v) is 3.96. The lowest BCUT2D eigenvalue weighted by molar-refractivity contribution is -0.909. The Morgan fingerprint density at radius 2 is 1.83 bits per heavy atom. The standard InChI is InChI=1S/C21H25N3O4S/c1-16-2-4-17(5-3-16)20(14-23-10-12-28-13-11-23)22-21(25)15-29-19-8-6-18(7-9-19)24(26)27/h2-9,20H,10-15H2,1H3,(H,22,25)/p+1/t20-/m1/s1. The molecule has 8 heteroatoms. The SMILES string of the molecule is Cc1ccc([C@@H](C[NH+]2CCOCC2)NC(=O)CSc2ccc([N+](=O)[O-])cc2)cc1. The first-order valence-electron chi connectivity index (χ1n) is 9.66. The third kappa shape index (κ3) is 6.56. The monoisotopic (exact) mass is 416 g/mol. The van der Waals surface area contributed by atoms with Gasteiger partial charge in [0.05, 0.1) is 23.9 Å². The topological polar surface area (TPSA) is 85.9 Å². The van der Waals surface area contributed by atoms with Crippen LogP contribution in [0.2, 0.25) is 0 Å². The highest BCUT2D eigenvalue weighted by Gasteiger charge is 2.23. The Bertz CT molecular complexity index is 821. The molecule has 1 atom stereocenters. The van der Waals surface area contributed by atoms with Crippen molar-refractivity contribution in [3.05, 3.63) is 69.8 Å². The molecular formula is C21H26N3O4S+. The summed E-state index contributed by atoms with van der Waals surface area (Å²) in [6, 6.07) is 14.5. The fourth-order valence-electron chi connectivity index (χ4n) is 3.25. The minimum Gasteiger partial charge on any atom is -0.370 e. The maximum atomic E-state index is 12.6. The van der Waals surface area contributed by atoms with E-state index < -0.39 is 4.92 Å². The van der Waals surface area contributed by atoms with E-state index in [-0.39, 0.29) is 23.4 Å². The van der Waals surface area contributed by atoms with E-state index in [0.717, 1.165) is 43.3 Å². The number of hydrogen-bond acceptors (Lipinski definition) is 5. The number of carbonyl (C=O) groups excluding carboxylic acids is 1. The lowest BCUT2D eigenvalue weighted by atomic mass is 10.0. The van der Waals surface area contributed by atoms with Gasteiger partial charge in [0.1, 0.15) is 25.7 Å². The number of rotatable bonds is 8. The molecule has 0 aliphatic carbocycles. The second kappa shape index (κ2) is 10.4. The van der Waals surface area contributed by atoms with Crippen molar-refractivity contribution in [2.75, 3.05) is 38.6 Å². The first-order valence-corrected chi connectivity index (χ1v) is 10.6. The lowest BCUT2D eigenvalue weighted by Crippen LogP contribution is -3.14. The molecule has 154 valence electrons. The summed E-state index contributed by atoms with van der Waals surface area (Å²) in [7, 11) is 0. The van der Waals surface area contributed by atoms with E-state index in [2.05, 4.69) is 29.6 Å². The number of benzene rings is 2. The summed E-state index contributed by atoms with van der Waals surface area (Å²) >= 11 is 1.37. The van der Waals surface area contributed by atoms with Gasteiger partial charge < -0.3 is 15.0 Å². The summed E-state index contributed by atoms with van der Waals surface area (Å²) in [5.74, 6) is 0.213. The van der Waals surface area contributed by atoms with E-state index in [1.54, 1.807) is 12.1 Å². The number of morpholine rings is 1. The van der Waals surface area contributed by atoms with Crippen LogP contribution in [0.4, 0.5) is 5.69 Å². The smallest absolute Gasteiger partial charge is 0.269 e. The van der Waals surface area contributed by atoms with Crippen LogP contribution in [0.15, 0.2) is 53.4 Å². The summed E-state index contributed by atoms with van der Waals surface area (Å²) < 4.78 is 5.44. The number of quaternary nitrogens is 1. The van der Waals surface area contributed by atoms with Crippen LogP contribution in [0.1, 0.15) is 17.2 Å². The molecule has 0 saturated carbocycles. The Balaban J connectivity index is 1.60. The number of thioether (sulfide) groups is 1. The number of aryl methyl sites for hydroxylation is 1. The number of nitro groups is 1. The molecule has 2 N–H and O–H groups in total. The van der Waals surface area contributed by atoms with Gasteiger partial charge in [-0.3, -0.25) is 14.9 Å². The second-order valence-corrected chi connectivity index (χ2v) is 8.19. The third-order valence-electron chi connectivity index (χ3n) is 4.93. The fraction of sp³-hybridized carbons (Fsp3) is 0.381. The molecule has 0 unspecified atom stereocenters. The number of hydrogen-bond donors (Lipinski definition) is 2. The minimum atomic E-state index is -0.429. The number of ether oxygens (including phenoxy) is 1. The summed E-state index contributed by atoms with van der Waals surface area (Å²) in [4.78, 5) is 25.2. The van der Waals surface area contributed by atoms with Crippen LogP contribution < -0.4 is 10.2 Å². The van der Waals surface area contributed by atoms with Gasteiger partial charge in [-0.1, -0.05) is 29.8 Å². The average molecular weight is 417 g/mol. The highest BCUT2D eigenvalue weighted by molar-refractivity contribution is 8.00. The van der Waals surface area contributed by atoms with Gasteiger partial charge in [0.25, 0.3) is 5.69 Å². The largest absolute Gasteiger partial charge is 0.370 e. The van der Waals surface area contributed by atoms with Crippen LogP contribution >= 0.6 is 11.8 Å². The van der Waals surface area contributed by atoms with Crippen molar-refractivity contribution in [2.24, 2.45) is 0 Å². The van der Waals surface area contributed by atoms with Crippen LogP contribution in [0.25, 0.3) is 0 Å². The quantitative estimate of drug-likeness (QED) is 0.389. The van der Waals surface area contributed by atoms with Crippen LogP contribution in [0.3, 0.4) is 0 Å². The molecule has 7 nitrogen and oxygen atoms in total. The molecule has 1 amide bonds. The van der Waals surface area contributed by atoms with E-state index in [4.69, 9.17) is 4.74 Å². The first kappa shape index (κ1) is 21.3. The summed E-state index contributed by atoms with van der Waals surface area (Å²) in [5.41, 5.74) is 2.33. The second-order valence-electron chi connectivity index (χ2n) is 7.14. The number of nitrogens with zero attached hydrogens (tertiary/aromatic N) is 1. The molecule has 1 saturated heterocycles. The van der Waals surface area contributed by atoms with Crippen molar-refractivity contribution < 1.29 is 19.4 Å². The maximum Gasteiger partial charge on any atom is 0.269 e. The normalized spacial score (nSPS) is 15.6. The van der Waals surface area contributed by atoms with E-state index in [0.29, 0.717) is 0 Å². The molecule has 0 bridgehead atoms. The zero-order valence-electron chi connectivity index (χ0n) is 16.4. The summed E-state index contributed by atoms with van der Waals surface area (Å²) in [5, 5.41) is 13.9. The highest BCUT2D eigenvalue weighted by atomic mass is 32.2. The lowest BCUT2D eigenvalue weighted by Gasteiger charge is -2.28. The Morgan fingerprint density at radius 3 is 2.45 bits per heavy atom. The molecule has 1 aliphatic rings. The number of carbonyl (C=O) groups is 1. The van der Waals surface area contributed by atoms with Crippen LogP contribution in [-0.4, -0.2) is 49.4 Å². The highest BCUT2D eigenvalue weighted by Crippen LogP contribution is 2.21. The molecule has 2 aromatic rings. The van der Waals surface area contributed by atoms with Gasteiger partial charge in [-0.25, -0.2) is 0 Å². The molecule has 0 aromatic heterocycles. The van der Waals surface area contributed by atoms with Crippen LogP contribution in [0, 0.1) is 17.0 Å². The van der Waals surface area contributed by atoms with Crippen LogP contribution in [0.5, 0.6) is 0 Å². The Kier molecular flexibility index (Phi) is 7.62. The van der Waals surface area contributed by atoms with Crippen molar-refractivity contribution in [3.63, 3.8) is 0 Å². The maximum absolute atomic E-state index is 12.6. The van der Waals surface area contributed by atoms with E-state index >= 15 is 0 Å². The van der Waals surface area contributed by atoms with E-state index in [9.17, 15) is 14.9 Å². The first-order chi connectivity index (χ1) is 14.0. The number of nitrogens with one attached hydrogen (secondary N) is 2. The van der Waals surface area contributed by atoms with E-state index in [1.807, 2.05) is 6.92 Å². The van der Waals surface area contributed by atoms with Gasteiger partial charge in [0.15, 0.2) is 0 Å². The number of nitro benzene ring substituents is 1. The number of amides is 1. The Labute approximate surface area is 174 Å². The van der Waals surface area contributed by atoms with Gasteiger partial charge in [-0.15, -0.1) is 11.8 Å². The zero-order chi connectivity index (χ0) is 20.6. The zero-order valence-corrected chi connectivity index (χ0v) is 17.2. The molecule has 0 radical (unpaired) electrons. The third-order valence-corrected chi connectivity index (χ3v) is 5.94. The molecule has 29 heavy (non-hydrogen) atoms. The van der Waals surface area contributed by atoms with E-state index in [1.165, 1.54) is 34.4 Å². The van der Waals surface area contributed by atoms with Gasteiger partial charge in [0, 0.05) is 17.0 Å². The average Bonchev–Trinajstić information content (AvgIpc) is 2.73. The molecule has 2 aromatic carbocycles. The van der Waals surface area contributed by atoms with Gasteiger partial charge in [-0.05, 0) is 24.6 Å².